The second kappa shape index (κ2) is 6.63. The van der Waals surface area contributed by atoms with Crippen LogP contribution in [0.4, 0.5) is 0 Å². The highest BCUT2D eigenvalue weighted by Gasteiger charge is 2.41. The van der Waals surface area contributed by atoms with Gasteiger partial charge in [-0.2, -0.15) is 0 Å². The number of fused-ring (bicyclic) bond motifs is 1. The summed E-state index contributed by atoms with van der Waals surface area (Å²) in [5.41, 5.74) is -0.426. The molecule has 23 heavy (non-hydrogen) atoms. The molecule has 0 radical (unpaired) electrons. The molecular weight excluding hydrogens is 310 g/mol. The maximum atomic E-state index is 13.1. The topological polar surface area (TPSA) is 43.9 Å². The largest absolute Gasteiger partial charge is 0.339 e. The lowest BCUT2D eigenvalue weighted by Crippen LogP contribution is -2.52. The molecule has 3 aliphatic rings. The molecule has 0 saturated carbocycles. The number of hydrogen-bond acceptors (Lipinski definition) is 4. The average Bonchev–Trinajstić information content (AvgIpc) is 3.09. The number of nitrogens with zero attached hydrogens (tertiary/aromatic N) is 3. The zero-order chi connectivity index (χ0) is 16.6. The van der Waals surface area contributed by atoms with Crippen molar-refractivity contribution in [3.05, 3.63) is 0 Å². The highest BCUT2D eigenvalue weighted by atomic mass is 32.2. The van der Waals surface area contributed by atoms with Crippen molar-refractivity contribution in [1.29, 1.82) is 0 Å². The summed E-state index contributed by atoms with van der Waals surface area (Å²) in [5, 5.41) is 0. The fourth-order valence-corrected chi connectivity index (χ4v) is 5.04. The van der Waals surface area contributed by atoms with Crippen molar-refractivity contribution in [2.24, 2.45) is 5.41 Å². The van der Waals surface area contributed by atoms with E-state index in [2.05, 4.69) is 4.90 Å². The van der Waals surface area contributed by atoms with Crippen LogP contribution in [0.1, 0.15) is 40.0 Å². The van der Waals surface area contributed by atoms with Crippen LogP contribution in [0.15, 0.2) is 0 Å². The maximum absolute atomic E-state index is 13.1. The summed E-state index contributed by atoms with van der Waals surface area (Å²) in [6, 6.07) is 0.266. The second-order valence-corrected chi connectivity index (χ2v) is 9.01. The molecule has 0 aromatic heterocycles. The molecule has 3 heterocycles. The second-order valence-electron chi connectivity index (χ2n) is 8.01. The third kappa shape index (κ3) is 3.53. The normalized spacial score (nSPS) is 29.5. The summed E-state index contributed by atoms with van der Waals surface area (Å²) < 4.78 is 0. The smallest absolute Gasteiger partial charge is 0.246 e. The number of carbonyl (C=O) groups is 2. The van der Waals surface area contributed by atoms with Gasteiger partial charge in [0.1, 0.15) is 6.04 Å². The molecule has 130 valence electrons. The van der Waals surface area contributed by atoms with Crippen molar-refractivity contribution in [3.63, 3.8) is 0 Å². The lowest BCUT2D eigenvalue weighted by atomic mass is 9.94. The molecule has 0 unspecified atom stereocenters. The first kappa shape index (κ1) is 17.1. The van der Waals surface area contributed by atoms with Gasteiger partial charge in [-0.15, -0.1) is 11.8 Å². The molecule has 3 aliphatic heterocycles. The van der Waals surface area contributed by atoms with E-state index in [1.54, 1.807) is 11.8 Å². The van der Waals surface area contributed by atoms with Gasteiger partial charge in [0, 0.05) is 36.8 Å². The molecule has 0 aliphatic carbocycles. The molecule has 0 bridgehead atoms. The van der Waals surface area contributed by atoms with E-state index in [0.29, 0.717) is 11.9 Å². The standard InChI is InChI=1S/C17H29N3O2S/c1-17(2,3)16(22)20-12-23-11-14(20)15(21)19-9-5-8-18-7-4-6-13(18)10-19/h13-14H,4-12H2,1-3H3/t13-,14-/m1/s1. The lowest BCUT2D eigenvalue weighted by Gasteiger charge is -2.33. The number of rotatable bonds is 1. The van der Waals surface area contributed by atoms with E-state index in [1.807, 2.05) is 30.6 Å². The Morgan fingerprint density at radius 2 is 1.83 bits per heavy atom. The summed E-state index contributed by atoms with van der Waals surface area (Å²) in [7, 11) is 0. The van der Waals surface area contributed by atoms with Gasteiger partial charge in [-0.25, -0.2) is 0 Å². The Bertz CT molecular complexity index is 477. The summed E-state index contributed by atoms with van der Waals surface area (Å²) in [5.74, 6) is 1.65. The number of thioether (sulfide) groups is 1. The van der Waals surface area contributed by atoms with E-state index >= 15 is 0 Å². The average molecular weight is 340 g/mol. The molecule has 0 aromatic rings. The van der Waals surface area contributed by atoms with Crippen molar-refractivity contribution >= 4 is 23.6 Å². The van der Waals surface area contributed by atoms with Gasteiger partial charge < -0.3 is 9.80 Å². The van der Waals surface area contributed by atoms with Gasteiger partial charge in [0.05, 0.1) is 5.88 Å². The molecule has 0 aromatic carbocycles. The van der Waals surface area contributed by atoms with Crippen molar-refractivity contribution in [2.45, 2.75) is 52.1 Å². The third-order valence-corrected chi connectivity index (χ3v) is 6.20. The fourth-order valence-electron chi connectivity index (χ4n) is 3.90. The van der Waals surface area contributed by atoms with Crippen LogP contribution in [0.25, 0.3) is 0 Å². The molecule has 6 heteroatoms. The van der Waals surface area contributed by atoms with Crippen LogP contribution in [0.2, 0.25) is 0 Å². The Morgan fingerprint density at radius 3 is 2.57 bits per heavy atom. The van der Waals surface area contributed by atoms with Crippen LogP contribution in [0.5, 0.6) is 0 Å². The molecular formula is C17H29N3O2S. The summed E-state index contributed by atoms with van der Waals surface area (Å²) in [4.78, 5) is 32.1. The first-order valence-corrected chi connectivity index (χ1v) is 9.95. The van der Waals surface area contributed by atoms with Crippen LogP contribution in [-0.4, -0.2) is 76.4 Å². The van der Waals surface area contributed by atoms with Gasteiger partial charge in [0.15, 0.2) is 0 Å². The predicted molar refractivity (Wildman–Crippen MR) is 93.2 cm³/mol. The third-order valence-electron chi connectivity index (χ3n) is 5.19. The zero-order valence-electron chi connectivity index (χ0n) is 14.6. The molecule has 0 N–H and O–H groups in total. The summed E-state index contributed by atoms with van der Waals surface area (Å²) in [6.07, 6.45) is 3.50. The molecule has 3 fully saturated rings. The molecule has 3 saturated heterocycles. The predicted octanol–water partition coefficient (Wildman–Crippen LogP) is 1.63. The van der Waals surface area contributed by atoms with E-state index in [-0.39, 0.29) is 17.9 Å². The molecule has 2 atom stereocenters. The maximum Gasteiger partial charge on any atom is 0.246 e. The van der Waals surface area contributed by atoms with Crippen LogP contribution in [0, 0.1) is 5.41 Å². The SMILES string of the molecule is CC(C)(C)C(=O)N1CSC[C@@H]1C(=O)N1CCCN2CCC[C@@H]2C1. The van der Waals surface area contributed by atoms with E-state index in [9.17, 15) is 9.59 Å². The Kier molecular flexibility index (Phi) is 4.93. The van der Waals surface area contributed by atoms with Crippen LogP contribution in [0.3, 0.4) is 0 Å². The first-order valence-electron chi connectivity index (χ1n) is 8.79. The highest BCUT2D eigenvalue weighted by Crippen LogP contribution is 2.29. The van der Waals surface area contributed by atoms with Gasteiger partial charge >= 0.3 is 0 Å². The van der Waals surface area contributed by atoms with Gasteiger partial charge in [-0.1, -0.05) is 20.8 Å². The fraction of sp³-hybridized carbons (Fsp3) is 0.882. The van der Waals surface area contributed by atoms with Crippen molar-refractivity contribution in [1.82, 2.24) is 14.7 Å². The quantitative estimate of drug-likeness (QED) is 0.728. The van der Waals surface area contributed by atoms with Crippen LogP contribution < -0.4 is 0 Å². The van der Waals surface area contributed by atoms with Crippen molar-refractivity contribution < 1.29 is 9.59 Å². The van der Waals surface area contributed by atoms with Gasteiger partial charge in [0.25, 0.3) is 0 Å². The molecule has 0 spiro atoms. The summed E-state index contributed by atoms with van der Waals surface area (Å²) >= 11 is 1.70. The van der Waals surface area contributed by atoms with Crippen LogP contribution >= 0.6 is 11.8 Å². The van der Waals surface area contributed by atoms with Crippen molar-refractivity contribution in [3.8, 4) is 0 Å². The lowest BCUT2D eigenvalue weighted by molar-refractivity contribution is -0.148. The van der Waals surface area contributed by atoms with E-state index < -0.39 is 5.41 Å². The van der Waals surface area contributed by atoms with Crippen molar-refractivity contribution in [2.75, 3.05) is 37.8 Å². The van der Waals surface area contributed by atoms with Gasteiger partial charge in [-0.05, 0) is 25.8 Å². The monoisotopic (exact) mass is 339 g/mol. The van der Waals surface area contributed by atoms with Crippen LogP contribution in [-0.2, 0) is 9.59 Å². The van der Waals surface area contributed by atoms with Gasteiger partial charge in [-0.3, -0.25) is 14.5 Å². The number of hydrogen-bond donors (Lipinski definition) is 0. The minimum atomic E-state index is -0.426. The molecule has 2 amide bonds. The zero-order valence-corrected chi connectivity index (χ0v) is 15.4. The Hall–Kier alpha value is -0.750. The van der Waals surface area contributed by atoms with E-state index in [4.69, 9.17) is 0 Å². The minimum absolute atomic E-state index is 0.0955. The van der Waals surface area contributed by atoms with Gasteiger partial charge in [0.2, 0.25) is 11.8 Å². The Labute approximate surface area is 143 Å². The minimum Gasteiger partial charge on any atom is -0.339 e. The Morgan fingerprint density at radius 1 is 1.09 bits per heavy atom. The highest BCUT2D eigenvalue weighted by molar-refractivity contribution is 7.99. The van der Waals surface area contributed by atoms with E-state index in [0.717, 1.165) is 31.8 Å². The molecule has 3 rings (SSSR count). The number of carbonyl (C=O) groups excluding carboxylic acids is 2. The number of amides is 2. The first-order chi connectivity index (χ1) is 10.9. The molecule has 5 nitrogen and oxygen atoms in total. The Balaban J connectivity index is 1.70. The van der Waals surface area contributed by atoms with E-state index in [1.165, 1.54) is 19.4 Å². The summed E-state index contributed by atoms with van der Waals surface area (Å²) in [6.45, 7) is 9.77.